The van der Waals surface area contributed by atoms with Gasteiger partial charge in [0.15, 0.2) is 0 Å². The molecule has 1 saturated carbocycles. The van der Waals surface area contributed by atoms with Crippen LogP contribution in [0, 0.1) is 5.92 Å². The number of halogens is 3. The van der Waals surface area contributed by atoms with Crippen molar-refractivity contribution in [3.8, 4) is 0 Å². The highest BCUT2D eigenvalue weighted by atomic mass is 19.4. The van der Waals surface area contributed by atoms with E-state index in [9.17, 15) is 18.0 Å². The smallest absolute Gasteiger partial charge is 0.342 e. The summed E-state index contributed by atoms with van der Waals surface area (Å²) in [5, 5.41) is 2.10. The number of nitrogens with zero attached hydrogens (tertiary/aromatic N) is 1. The van der Waals surface area contributed by atoms with E-state index in [1.165, 1.54) is 4.90 Å². The number of carbonyl (C=O) groups is 1. The minimum atomic E-state index is -4.26. The highest BCUT2D eigenvalue weighted by Gasteiger charge is 2.32. The minimum Gasteiger partial charge on any atom is -0.342 e. The molecule has 1 unspecified atom stereocenters. The van der Waals surface area contributed by atoms with Crippen molar-refractivity contribution in [2.75, 3.05) is 20.1 Å². The number of carbonyl (C=O) groups excluding carboxylic acids is 1. The van der Waals surface area contributed by atoms with E-state index in [0.717, 1.165) is 12.8 Å². The van der Waals surface area contributed by atoms with Gasteiger partial charge in [-0.1, -0.05) is 0 Å². The summed E-state index contributed by atoms with van der Waals surface area (Å²) in [4.78, 5) is 13.0. The average molecular weight is 238 g/mol. The van der Waals surface area contributed by atoms with Crippen LogP contribution >= 0.6 is 0 Å². The molecule has 1 aliphatic carbocycles. The largest absolute Gasteiger partial charge is 0.401 e. The number of hydrogen-bond acceptors (Lipinski definition) is 2. The van der Waals surface area contributed by atoms with Gasteiger partial charge >= 0.3 is 6.18 Å². The second-order valence-corrected chi connectivity index (χ2v) is 4.30. The van der Waals surface area contributed by atoms with E-state index < -0.39 is 12.7 Å². The van der Waals surface area contributed by atoms with Crippen molar-refractivity contribution in [1.29, 1.82) is 0 Å². The summed E-state index contributed by atoms with van der Waals surface area (Å²) >= 11 is 0. The van der Waals surface area contributed by atoms with Gasteiger partial charge in [0.25, 0.3) is 0 Å². The fraction of sp³-hybridized carbons (Fsp3) is 0.900. The number of amides is 1. The minimum absolute atomic E-state index is 0.125. The van der Waals surface area contributed by atoms with E-state index >= 15 is 0 Å². The Bertz CT molecular complexity index is 251. The summed E-state index contributed by atoms with van der Waals surface area (Å²) in [5.41, 5.74) is 0. The maximum atomic E-state index is 11.8. The van der Waals surface area contributed by atoms with Crippen molar-refractivity contribution in [3.05, 3.63) is 0 Å². The highest BCUT2D eigenvalue weighted by molar-refractivity contribution is 5.78. The van der Waals surface area contributed by atoms with E-state index in [1.54, 1.807) is 7.05 Å². The van der Waals surface area contributed by atoms with Gasteiger partial charge in [-0.25, -0.2) is 0 Å². The molecule has 0 bridgehead atoms. The number of hydrogen-bond donors (Lipinski definition) is 1. The van der Waals surface area contributed by atoms with E-state index in [4.69, 9.17) is 0 Å². The van der Waals surface area contributed by atoms with Gasteiger partial charge in [0, 0.05) is 13.1 Å². The molecule has 1 N–H and O–H groups in total. The fourth-order valence-electron chi connectivity index (χ4n) is 1.56. The summed E-state index contributed by atoms with van der Waals surface area (Å²) in [7, 11) is 1.64. The Morgan fingerprint density at radius 3 is 2.50 bits per heavy atom. The molecule has 1 aliphatic rings. The lowest BCUT2D eigenvalue weighted by Gasteiger charge is -2.25. The molecule has 0 heterocycles. The third-order valence-electron chi connectivity index (χ3n) is 2.91. The second kappa shape index (κ2) is 5.03. The molecule has 0 aromatic heterocycles. The lowest BCUT2D eigenvalue weighted by molar-refractivity contribution is -0.134. The van der Waals surface area contributed by atoms with E-state index in [-0.39, 0.29) is 18.5 Å². The second-order valence-electron chi connectivity index (χ2n) is 4.30. The van der Waals surface area contributed by atoms with Crippen molar-refractivity contribution in [1.82, 2.24) is 10.2 Å². The van der Waals surface area contributed by atoms with Crippen LogP contribution < -0.4 is 5.32 Å². The molecule has 16 heavy (non-hydrogen) atoms. The Balaban J connectivity index is 2.23. The lowest BCUT2D eigenvalue weighted by atomic mass is 10.2. The van der Waals surface area contributed by atoms with Crippen LogP contribution in [-0.2, 0) is 4.79 Å². The van der Waals surface area contributed by atoms with Gasteiger partial charge in [0.1, 0.15) is 0 Å². The zero-order chi connectivity index (χ0) is 12.3. The summed E-state index contributed by atoms with van der Waals surface area (Å²) in [6, 6.07) is 0.125. The zero-order valence-corrected chi connectivity index (χ0v) is 9.47. The molecular weight excluding hydrogens is 221 g/mol. The van der Waals surface area contributed by atoms with Gasteiger partial charge in [0.2, 0.25) is 5.91 Å². The van der Waals surface area contributed by atoms with Crippen LogP contribution in [0.1, 0.15) is 19.8 Å². The Kier molecular flexibility index (Phi) is 4.18. The third-order valence-corrected chi connectivity index (χ3v) is 2.91. The summed E-state index contributed by atoms with van der Waals surface area (Å²) in [6.07, 6.45) is -2.05. The number of rotatable bonds is 5. The van der Waals surface area contributed by atoms with Gasteiger partial charge in [-0.3, -0.25) is 4.79 Å². The van der Waals surface area contributed by atoms with Crippen molar-refractivity contribution in [3.63, 3.8) is 0 Å². The predicted octanol–water partition coefficient (Wildman–Crippen LogP) is 1.40. The Morgan fingerprint density at radius 1 is 1.50 bits per heavy atom. The van der Waals surface area contributed by atoms with Crippen LogP contribution in [0.4, 0.5) is 13.2 Å². The van der Waals surface area contributed by atoms with Crippen molar-refractivity contribution in [2.45, 2.75) is 32.0 Å². The summed E-state index contributed by atoms with van der Waals surface area (Å²) in [5.74, 6) is 0.236. The molecule has 0 aromatic rings. The Hall–Kier alpha value is -0.780. The van der Waals surface area contributed by atoms with Crippen LogP contribution in [-0.4, -0.2) is 43.2 Å². The van der Waals surface area contributed by atoms with E-state index in [1.807, 2.05) is 6.92 Å². The molecule has 1 atom stereocenters. The number of alkyl halides is 3. The van der Waals surface area contributed by atoms with Gasteiger partial charge in [0.05, 0.1) is 13.1 Å². The molecule has 1 fully saturated rings. The molecule has 0 saturated heterocycles. The standard InChI is InChI=1S/C10H17F3N2O/c1-7(8-3-4-8)15(2)9(16)5-14-6-10(11,12)13/h7-8,14H,3-6H2,1-2H3. The monoisotopic (exact) mass is 238 g/mol. The van der Waals surface area contributed by atoms with Crippen LogP contribution in [0.2, 0.25) is 0 Å². The molecule has 94 valence electrons. The van der Waals surface area contributed by atoms with Crippen LogP contribution in [0.25, 0.3) is 0 Å². The van der Waals surface area contributed by atoms with Gasteiger partial charge < -0.3 is 10.2 Å². The molecule has 0 radical (unpaired) electrons. The Labute approximate surface area is 93.0 Å². The molecule has 0 spiro atoms. The lowest BCUT2D eigenvalue weighted by Crippen LogP contribution is -2.43. The first-order valence-corrected chi connectivity index (χ1v) is 5.34. The number of nitrogens with one attached hydrogen (secondary N) is 1. The first kappa shape index (κ1) is 13.3. The molecule has 6 heteroatoms. The van der Waals surface area contributed by atoms with E-state index in [0.29, 0.717) is 5.92 Å². The van der Waals surface area contributed by atoms with Gasteiger partial charge in [-0.2, -0.15) is 13.2 Å². The zero-order valence-electron chi connectivity index (χ0n) is 9.47. The first-order valence-electron chi connectivity index (χ1n) is 5.34. The first-order chi connectivity index (χ1) is 7.31. The number of likely N-dealkylation sites (N-methyl/N-ethyl adjacent to an activating group) is 1. The van der Waals surface area contributed by atoms with E-state index in [2.05, 4.69) is 5.32 Å². The van der Waals surface area contributed by atoms with Crippen molar-refractivity contribution >= 4 is 5.91 Å². The van der Waals surface area contributed by atoms with Gasteiger partial charge in [-0.15, -0.1) is 0 Å². The molecular formula is C10H17F3N2O. The fourth-order valence-corrected chi connectivity index (χ4v) is 1.56. The van der Waals surface area contributed by atoms with Crippen LogP contribution in [0.3, 0.4) is 0 Å². The quantitative estimate of drug-likeness (QED) is 0.785. The molecule has 1 amide bonds. The molecule has 0 aliphatic heterocycles. The predicted molar refractivity (Wildman–Crippen MR) is 53.9 cm³/mol. The normalized spacial score (nSPS) is 18.3. The Morgan fingerprint density at radius 2 is 2.06 bits per heavy atom. The van der Waals surface area contributed by atoms with Crippen molar-refractivity contribution < 1.29 is 18.0 Å². The summed E-state index contributed by atoms with van der Waals surface area (Å²) < 4.78 is 35.4. The highest BCUT2D eigenvalue weighted by Crippen LogP contribution is 2.34. The molecule has 0 aromatic carbocycles. The maximum absolute atomic E-state index is 11.8. The van der Waals surface area contributed by atoms with Gasteiger partial charge in [-0.05, 0) is 25.7 Å². The third kappa shape index (κ3) is 4.38. The molecule has 3 nitrogen and oxygen atoms in total. The summed E-state index contributed by atoms with van der Waals surface area (Å²) in [6.45, 7) is 0.552. The molecule has 1 rings (SSSR count). The van der Waals surface area contributed by atoms with Crippen LogP contribution in [0.5, 0.6) is 0 Å². The van der Waals surface area contributed by atoms with Crippen LogP contribution in [0.15, 0.2) is 0 Å². The van der Waals surface area contributed by atoms with Crippen molar-refractivity contribution in [2.24, 2.45) is 5.92 Å². The average Bonchev–Trinajstić information content (AvgIpc) is 2.96. The topological polar surface area (TPSA) is 32.3 Å². The maximum Gasteiger partial charge on any atom is 0.401 e. The SMILES string of the molecule is CC(C1CC1)N(C)C(=O)CNCC(F)(F)F.